The molecule has 0 aliphatic carbocycles. The SMILES string of the molecule is CC(C)c1c(C(=O)N2CCN(S(=O)(=O)c3ccccc3)CC2)cnn1-c1ccc(Cl)cc1. The fraction of sp³-hybridized carbons (Fsp3) is 0.304. The van der Waals surface area contributed by atoms with Crippen LogP contribution in [0.5, 0.6) is 0 Å². The van der Waals surface area contributed by atoms with E-state index in [1.165, 1.54) is 4.31 Å². The number of amides is 1. The first kappa shape index (κ1) is 22.5. The summed E-state index contributed by atoms with van der Waals surface area (Å²) in [6, 6.07) is 15.7. The van der Waals surface area contributed by atoms with Gasteiger partial charge in [0.1, 0.15) is 0 Å². The summed E-state index contributed by atoms with van der Waals surface area (Å²) in [5, 5.41) is 5.10. The van der Waals surface area contributed by atoms with Gasteiger partial charge in [0.15, 0.2) is 0 Å². The van der Waals surface area contributed by atoms with Gasteiger partial charge in [-0.15, -0.1) is 0 Å². The summed E-state index contributed by atoms with van der Waals surface area (Å²) in [4.78, 5) is 15.3. The zero-order chi connectivity index (χ0) is 22.9. The van der Waals surface area contributed by atoms with E-state index in [1.807, 2.05) is 26.0 Å². The van der Waals surface area contributed by atoms with Crippen LogP contribution in [0.4, 0.5) is 0 Å². The van der Waals surface area contributed by atoms with Crippen molar-refractivity contribution >= 4 is 27.5 Å². The van der Waals surface area contributed by atoms with Crippen LogP contribution in [0.25, 0.3) is 5.69 Å². The van der Waals surface area contributed by atoms with Gasteiger partial charge in [-0.25, -0.2) is 13.1 Å². The number of aromatic nitrogens is 2. The molecule has 0 saturated carbocycles. The predicted molar refractivity (Wildman–Crippen MR) is 124 cm³/mol. The highest BCUT2D eigenvalue weighted by Crippen LogP contribution is 2.26. The van der Waals surface area contributed by atoms with E-state index in [0.29, 0.717) is 23.7 Å². The van der Waals surface area contributed by atoms with Gasteiger partial charge in [-0.3, -0.25) is 4.79 Å². The minimum absolute atomic E-state index is 0.0619. The summed E-state index contributed by atoms with van der Waals surface area (Å²) >= 11 is 6.00. The molecule has 7 nitrogen and oxygen atoms in total. The Morgan fingerprint density at radius 2 is 1.59 bits per heavy atom. The monoisotopic (exact) mass is 472 g/mol. The first-order valence-electron chi connectivity index (χ1n) is 10.5. The molecule has 0 spiro atoms. The Labute approximate surface area is 193 Å². The third kappa shape index (κ3) is 4.30. The van der Waals surface area contributed by atoms with E-state index in [4.69, 9.17) is 11.6 Å². The van der Waals surface area contributed by atoms with E-state index in [1.54, 1.807) is 58.2 Å². The van der Waals surface area contributed by atoms with E-state index >= 15 is 0 Å². The highest BCUT2D eigenvalue weighted by Gasteiger charge is 2.32. The van der Waals surface area contributed by atoms with Crippen LogP contribution in [0.2, 0.25) is 5.02 Å². The number of carbonyl (C=O) groups is 1. The molecule has 2 heterocycles. The molecular weight excluding hydrogens is 448 g/mol. The Kier molecular flexibility index (Phi) is 6.37. The third-order valence-electron chi connectivity index (χ3n) is 5.56. The molecule has 0 bridgehead atoms. The lowest BCUT2D eigenvalue weighted by molar-refractivity contribution is 0.0696. The summed E-state index contributed by atoms with van der Waals surface area (Å²) in [5.74, 6) is -0.0717. The van der Waals surface area contributed by atoms with Crippen LogP contribution in [0.1, 0.15) is 35.8 Å². The lowest BCUT2D eigenvalue weighted by Crippen LogP contribution is -2.50. The van der Waals surface area contributed by atoms with Gasteiger partial charge in [0.2, 0.25) is 10.0 Å². The molecule has 1 fully saturated rings. The summed E-state index contributed by atoms with van der Waals surface area (Å²) in [6.45, 7) is 5.20. The average molecular weight is 473 g/mol. The van der Waals surface area contributed by atoms with E-state index in [9.17, 15) is 13.2 Å². The normalized spacial score (nSPS) is 15.3. The molecule has 1 aliphatic rings. The van der Waals surface area contributed by atoms with Crippen LogP contribution < -0.4 is 0 Å². The molecule has 1 aromatic heterocycles. The average Bonchev–Trinajstić information content (AvgIpc) is 3.25. The number of hydrogen-bond donors (Lipinski definition) is 0. The number of benzene rings is 2. The molecule has 3 aromatic rings. The highest BCUT2D eigenvalue weighted by molar-refractivity contribution is 7.89. The molecule has 4 rings (SSSR count). The second-order valence-electron chi connectivity index (χ2n) is 8.00. The first-order chi connectivity index (χ1) is 15.3. The van der Waals surface area contributed by atoms with Gasteiger partial charge in [0.05, 0.1) is 28.0 Å². The van der Waals surface area contributed by atoms with Crippen molar-refractivity contribution < 1.29 is 13.2 Å². The molecule has 2 aromatic carbocycles. The molecule has 1 saturated heterocycles. The maximum Gasteiger partial charge on any atom is 0.257 e. The summed E-state index contributed by atoms with van der Waals surface area (Å²) in [6.07, 6.45) is 1.60. The largest absolute Gasteiger partial charge is 0.336 e. The number of hydrogen-bond acceptors (Lipinski definition) is 4. The second-order valence-corrected chi connectivity index (χ2v) is 10.4. The van der Waals surface area contributed by atoms with Crippen LogP contribution in [0, 0.1) is 0 Å². The van der Waals surface area contributed by atoms with Gasteiger partial charge < -0.3 is 4.90 Å². The van der Waals surface area contributed by atoms with Crippen LogP contribution in [0.15, 0.2) is 65.7 Å². The van der Waals surface area contributed by atoms with Gasteiger partial charge in [0.25, 0.3) is 5.91 Å². The lowest BCUT2D eigenvalue weighted by Gasteiger charge is -2.34. The predicted octanol–water partition coefficient (Wildman–Crippen LogP) is 3.80. The molecule has 0 unspecified atom stereocenters. The lowest BCUT2D eigenvalue weighted by atomic mass is 10.0. The third-order valence-corrected chi connectivity index (χ3v) is 7.73. The summed E-state index contributed by atoms with van der Waals surface area (Å²) in [5.41, 5.74) is 2.18. The van der Waals surface area contributed by atoms with Crippen LogP contribution >= 0.6 is 11.6 Å². The van der Waals surface area contributed by atoms with Gasteiger partial charge in [-0.2, -0.15) is 9.40 Å². The number of rotatable bonds is 5. The highest BCUT2D eigenvalue weighted by atomic mass is 35.5. The van der Waals surface area contributed by atoms with Crippen molar-refractivity contribution in [3.05, 3.63) is 77.1 Å². The second kappa shape index (κ2) is 9.05. The van der Waals surface area contributed by atoms with Gasteiger partial charge in [0, 0.05) is 31.2 Å². The molecule has 1 amide bonds. The van der Waals surface area contributed by atoms with E-state index < -0.39 is 10.0 Å². The maximum atomic E-state index is 13.3. The van der Waals surface area contributed by atoms with E-state index in [2.05, 4.69) is 5.10 Å². The Balaban J connectivity index is 1.53. The molecule has 168 valence electrons. The topological polar surface area (TPSA) is 75.5 Å². The Morgan fingerprint density at radius 1 is 0.969 bits per heavy atom. The first-order valence-corrected chi connectivity index (χ1v) is 12.3. The quantitative estimate of drug-likeness (QED) is 0.566. The van der Waals surface area contributed by atoms with Crippen molar-refractivity contribution in [1.82, 2.24) is 19.0 Å². The zero-order valence-electron chi connectivity index (χ0n) is 18.0. The number of carbonyl (C=O) groups excluding carboxylic acids is 1. The summed E-state index contributed by atoms with van der Waals surface area (Å²) in [7, 11) is -3.56. The standard InChI is InChI=1S/C23H25ClN4O3S/c1-17(2)22-21(16-25-28(22)19-10-8-18(24)9-11-19)23(29)26-12-14-27(15-13-26)32(30,31)20-6-4-3-5-7-20/h3-11,16-17H,12-15H2,1-2H3. The van der Waals surface area contributed by atoms with Gasteiger partial charge in [-0.1, -0.05) is 43.6 Å². The Bertz CT molecular complexity index is 1200. The van der Waals surface area contributed by atoms with Crippen molar-refractivity contribution in [2.24, 2.45) is 0 Å². The van der Waals surface area contributed by atoms with Gasteiger partial charge >= 0.3 is 0 Å². The zero-order valence-corrected chi connectivity index (χ0v) is 19.6. The molecule has 0 atom stereocenters. The van der Waals surface area contributed by atoms with Crippen LogP contribution in [0.3, 0.4) is 0 Å². The van der Waals surface area contributed by atoms with Crippen LogP contribution in [-0.2, 0) is 10.0 Å². The molecule has 1 aliphatic heterocycles. The molecule has 0 radical (unpaired) electrons. The molecule has 0 N–H and O–H groups in total. The Morgan fingerprint density at radius 3 is 2.19 bits per heavy atom. The van der Waals surface area contributed by atoms with E-state index in [0.717, 1.165) is 11.4 Å². The maximum absolute atomic E-state index is 13.3. The number of halogens is 1. The minimum Gasteiger partial charge on any atom is -0.336 e. The van der Waals surface area contributed by atoms with Crippen molar-refractivity contribution in [3.8, 4) is 5.69 Å². The minimum atomic E-state index is -3.56. The number of sulfonamides is 1. The van der Waals surface area contributed by atoms with Crippen molar-refractivity contribution in [2.45, 2.75) is 24.7 Å². The Hall–Kier alpha value is -2.68. The number of nitrogens with zero attached hydrogens (tertiary/aromatic N) is 4. The number of piperazine rings is 1. The molecular formula is C23H25ClN4O3S. The van der Waals surface area contributed by atoms with E-state index in [-0.39, 0.29) is 29.8 Å². The smallest absolute Gasteiger partial charge is 0.257 e. The van der Waals surface area contributed by atoms with Gasteiger partial charge in [-0.05, 0) is 42.3 Å². The fourth-order valence-electron chi connectivity index (χ4n) is 3.91. The van der Waals surface area contributed by atoms with Crippen molar-refractivity contribution in [3.63, 3.8) is 0 Å². The van der Waals surface area contributed by atoms with Crippen LogP contribution in [-0.4, -0.2) is 59.5 Å². The molecule has 9 heteroatoms. The molecule has 32 heavy (non-hydrogen) atoms. The fourth-order valence-corrected chi connectivity index (χ4v) is 5.48. The van der Waals surface area contributed by atoms with Crippen molar-refractivity contribution in [1.29, 1.82) is 0 Å². The summed E-state index contributed by atoms with van der Waals surface area (Å²) < 4.78 is 28.9. The van der Waals surface area contributed by atoms with Crippen molar-refractivity contribution in [2.75, 3.05) is 26.2 Å².